The van der Waals surface area contributed by atoms with E-state index in [9.17, 15) is 0 Å². The zero-order chi connectivity index (χ0) is 14.8. The largest absolute Gasteiger partial charge is 0.384 e. The quantitative estimate of drug-likeness (QED) is 0.919. The van der Waals surface area contributed by atoms with Crippen LogP contribution in [-0.4, -0.2) is 52.0 Å². The number of nitrogens with zero attached hydrogens (tertiary/aromatic N) is 4. The first kappa shape index (κ1) is 16.2. The predicted molar refractivity (Wildman–Crippen MR) is 90.9 cm³/mol. The van der Waals surface area contributed by atoms with Crippen molar-refractivity contribution in [2.45, 2.75) is 25.6 Å². The lowest BCUT2D eigenvalue weighted by Crippen LogP contribution is -2.43. The number of benzene rings is 1. The fraction of sp³-hybridized carbons (Fsp3) is 0.500. The van der Waals surface area contributed by atoms with Gasteiger partial charge < -0.3 is 10.1 Å². The molecule has 0 bridgehead atoms. The molecule has 3 heterocycles. The molecule has 7 heteroatoms. The molecule has 2 aromatic rings. The van der Waals surface area contributed by atoms with Crippen LogP contribution in [0.5, 0.6) is 0 Å². The molecule has 0 amide bonds. The van der Waals surface area contributed by atoms with Crippen LogP contribution in [0.2, 0.25) is 0 Å². The molecule has 1 unspecified atom stereocenters. The lowest BCUT2D eigenvalue weighted by molar-refractivity contribution is -0.0402. The molecule has 1 aromatic heterocycles. The third kappa shape index (κ3) is 3.65. The van der Waals surface area contributed by atoms with E-state index in [1.807, 2.05) is 4.68 Å². The number of rotatable bonds is 4. The van der Waals surface area contributed by atoms with Crippen LogP contribution in [0, 0.1) is 0 Å². The third-order valence-electron chi connectivity index (χ3n) is 4.41. The van der Waals surface area contributed by atoms with Gasteiger partial charge in [-0.05, 0) is 17.5 Å². The van der Waals surface area contributed by atoms with E-state index in [4.69, 9.17) is 4.74 Å². The van der Waals surface area contributed by atoms with Gasteiger partial charge in [-0.3, -0.25) is 9.58 Å². The fourth-order valence-electron chi connectivity index (χ4n) is 3.35. The number of halogens is 1. The summed E-state index contributed by atoms with van der Waals surface area (Å²) in [4.78, 5) is 6.46. The van der Waals surface area contributed by atoms with Crippen molar-refractivity contribution < 1.29 is 4.74 Å². The average Bonchev–Trinajstić information content (AvgIpc) is 3.19. The summed E-state index contributed by atoms with van der Waals surface area (Å²) in [5.74, 6) is 0. The van der Waals surface area contributed by atoms with Crippen LogP contribution in [-0.2, 0) is 24.2 Å². The van der Waals surface area contributed by atoms with Crippen molar-refractivity contribution in [2.75, 3.05) is 31.6 Å². The summed E-state index contributed by atoms with van der Waals surface area (Å²) in [7, 11) is 0. The maximum Gasteiger partial charge on any atom is 0.137 e. The molecule has 1 saturated heterocycles. The van der Waals surface area contributed by atoms with Crippen LogP contribution in [0.15, 0.2) is 30.9 Å². The van der Waals surface area contributed by atoms with Gasteiger partial charge in [0.25, 0.3) is 0 Å². The highest BCUT2D eigenvalue weighted by Crippen LogP contribution is 2.27. The molecule has 2 aliphatic rings. The number of ether oxygens (including phenoxy) is 1. The summed E-state index contributed by atoms with van der Waals surface area (Å²) in [5, 5.41) is 7.69. The first-order chi connectivity index (χ1) is 10.9. The second-order valence-electron chi connectivity index (χ2n) is 5.97. The molecule has 0 aliphatic carbocycles. The standard InChI is InChI=1S/C16H21N5O.ClH/c1-2-13-4-5-18-16(13)14(3-1)8-20-6-7-22-15(9-20)10-21-12-17-11-19-21;/h1-3,11-12,15,18H,4-10H2;1H. The van der Waals surface area contributed by atoms with Crippen molar-refractivity contribution in [3.8, 4) is 0 Å². The monoisotopic (exact) mass is 335 g/mol. The zero-order valence-corrected chi connectivity index (χ0v) is 13.8. The van der Waals surface area contributed by atoms with E-state index in [0.717, 1.165) is 45.8 Å². The van der Waals surface area contributed by atoms with Crippen molar-refractivity contribution in [3.05, 3.63) is 42.0 Å². The van der Waals surface area contributed by atoms with Crippen molar-refractivity contribution in [1.29, 1.82) is 0 Å². The van der Waals surface area contributed by atoms with Gasteiger partial charge in [-0.25, -0.2) is 4.98 Å². The molecule has 0 spiro atoms. The molecule has 4 rings (SSSR count). The first-order valence-corrected chi connectivity index (χ1v) is 7.89. The highest BCUT2D eigenvalue weighted by molar-refractivity contribution is 5.85. The molecule has 124 valence electrons. The van der Waals surface area contributed by atoms with E-state index in [0.29, 0.717) is 0 Å². The van der Waals surface area contributed by atoms with Crippen molar-refractivity contribution in [1.82, 2.24) is 19.7 Å². The maximum atomic E-state index is 5.87. The molecule has 1 atom stereocenters. The molecule has 0 saturated carbocycles. The minimum absolute atomic E-state index is 0. The Morgan fingerprint density at radius 2 is 2.30 bits per heavy atom. The van der Waals surface area contributed by atoms with Crippen molar-refractivity contribution in [3.63, 3.8) is 0 Å². The van der Waals surface area contributed by atoms with Crippen LogP contribution in [0.1, 0.15) is 11.1 Å². The SMILES string of the molecule is Cl.c1cc2c(c(CN3CCOC(Cn4cncn4)C3)c1)NCC2. The van der Waals surface area contributed by atoms with Crippen molar-refractivity contribution in [2.24, 2.45) is 0 Å². The van der Waals surface area contributed by atoms with E-state index in [2.05, 4.69) is 38.5 Å². The summed E-state index contributed by atoms with van der Waals surface area (Å²) in [5.41, 5.74) is 4.20. The van der Waals surface area contributed by atoms with Crippen LogP contribution in [0.3, 0.4) is 0 Å². The maximum absolute atomic E-state index is 5.87. The van der Waals surface area contributed by atoms with Gasteiger partial charge in [0.05, 0.1) is 19.3 Å². The summed E-state index contributed by atoms with van der Waals surface area (Å²) >= 11 is 0. The zero-order valence-electron chi connectivity index (χ0n) is 13.0. The Labute approximate surface area is 142 Å². The topological polar surface area (TPSA) is 55.2 Å². The number of nitrogens with one attached hydrogen (secondary N) is 1. The van der Waals surface area contributed by atoms with Gasteiger partial charge in [0, 0.05) is 31.9 Å². The molecule has 23 heavy (non-hydrogen) atoms. The number of hydrogen-bond donors (Lipinski definition) is 1. The van der Waals surface area contributed by atoms with Gasteiger partial charge in [0.2, 0.25) is 0 Å². The third-order valence-corrected chi connectivity index (χ3v) is 4.41. The molecule has 0 radical (unpaired) electrons. The Hall–Kier alpha value is -1.63. The van der Waals surface area contributed by atoms with Gasteiger partial charge in [-0.1, -0.05) is 18.2 Å². The van der Waals surface area contributed by atoms with Gasteiger partial charge in [0.15, 0.2) is 0 Å². The minimum Gasteiger partial charge on any atom is -0.384 e. The molecular weight excluding hydrogens is 314 g/mol. The lowest BCUT2D eigenvalue weighted by atomic mass is 10.1. The summed E-state index contributed by atoms with van der Waals surface area (Å²) < 4.78 is 7.71. The van der Waals surface area contributed by atoms with E-state index in [-0.39, 0.29) is 18.5 Å². The Kier molecular flexibility index (Phi) is 5.15. The van der Waals surface area contributed by atoms with Crippen molar-refractivity contribution >= 4 is 18.1 Å². The average molecular weight is 336 g/mol. The Bertz CT molecular complexity index is 633. The number of fused-ring (bicyclic) bond motifs is 1. The minimum atomic E-state index is 0. The van der Waals surface area contributed by atoms with Gasteiger partial charge in [0.1, 0.15) is 12.7 Å². The van der Waals surface area contributed by atoms with Gasteiger partial charge >= 0.3 is 0 Å². The van der Waals surface area contributed by atoms with E-state index in [1.165, 1.54) is 16.8 Å². The Morgan fingerprint density at radius 3 is 3.17 bits per heavy atom. The van der Waals surface area contributed by atoms with Gasteiger partial charge in [-0.2, -0.15) is 5.10 Å². The van der Waals surface area contributed by atoms with E-state index in [1.54, 1.807) is 12.7 Å². The summed E-state index contributed by atoms with van der Waals surface area (Å²) in [6, 6.07) is 6.64. The van der Waals surface area contributed by atoms with Crippen LogP contribution in [0.25, 0.3) is 0 Å². The van der Waals surface area contributed by atoms with Crippen LogP contribution >= 0.6 is 12.4 Å². The van der Waals surface area contributed by atoms with E-state index < -0.39 is 0 Å². The number of aromatic nitrogens is 3. The Balaban J connectivity index is 0.00000156. The van der Waals surface area contributed by atoms with E-state index >= 15 is 0 Å². The molecule has 1 fully saturated rings. The highest BCUT2D eigenvalue weighted by atomic mass is 35.5. The molecular formula is C16H22ClN5O. The lowest BCUT2D eigenvalue weighted by Gasteiger charge is -2.33. The fourth-order valence-corrected chi connectivity index (χ4v) is 3.35. The summed E-state index contributed by atoms with van der Waals surface area (Å²) in [6.07, 6.45) is 4.64. The highest BCUT2D eigenvalue weighted by Gasteiger charge is 2.23. The predicted octanol–water partition coefficient (Wildman–Crippen LogP) is 1.57. The number of morpholine rings is 1. The summed E-state index contributed by atoms with van der Waals surface area (Å²) in [6.45, 7) is 5.50. The number of para-hydroxylation sites is 1. The molecule has 1 aromatic carbocycles. The van der Waals surface area contributed by atoms with Crippen LogP contribution < -0.4 is 5.32 Å². The normalized spacial score (nSPS) is 20.6. The molecule has 2 aliphatic heterocycles. The Morgan fingerprint density at radius 1 is 1.35 bits per heavy atom. The van der Waals surface area contributed by atoms with Crippen LogP contribution in [0.4, 0.5) is 5.69 Å². The molecule has 6 nitrogen and oxygen atoms in total. The number of hydrogen-bond acceptors (Lipinski definition) is 5. The second-order valence-corrected chi connectivity index (χ2v) is 5.97. The second kappa shape index (κ2) is 7.29. The van der Waals surface area contributed by atoms with Gasteiger partial charge in [-0.15, -0.1) is 12.4 Å². The molecule has 1 N–H and O–H groups in total. The number of anilines is 1. The first-order valence-electron chi connectivity index (χ1n) is 7.89. The smallest absolute Gasteiger partial charge is 0.137 e.